The maximum atomic E-state index is 12.5. The third-order valence-corrected chi connectivity index (χ3v) is 1.54. The van der Waals surface area contributed by atoms with Crippen molar-refractivity contribution in [2.45, 2.75) is 13.8 Å². The molecule has 1 aromatic carbocycles. The molecule has 1 rings (SSSR count). The zero-order valence-corrected chi connectivity index (χ0v) is 9.26. The zero-order chi connectivity index (χ0) is 11.8. The van der Waals surface area contributed by atoms with Crippen LogP contribution in [0.4, 0.5) is 4.39 Å². The van der Waals surface area contributed by atoms with Gasteiger partial charge in [-0.15, -0.1) is 13.2 Å². The summed E-state index contributed by atoms with van der Waals surface area (Å²) >= 11 is 0. The van der Waals surface area contributed by atoms with Gasteiger partial charge in [0, 0.05) is 5.71 Å². The molecule has 0 amide bonds. The highest BCUT2D eigenvalue weighted by Gasteiger charge is 1.96. The highest BCUT2D eigenvalue weighted by molar-refractivity contribution is 5.85. The van der Waals surface area contributed by atoms with Gasteiger partial charge in [0.05, 0.1) is 5.70 Å². The van der Waals surface area contributed by atoms with Crippen molar-refractivity contribution in [3.63, 3.8) is 0 Å². The van der Waals surface area contributed by atoms with Crippen LogP contribution < -0.4 is 0 Å². The molecule has 0 aliphatic rings. The lowest BCUT2D eigenvalue weighted by molar-refractivity contribution is 0.627. The molecule has 0 spiro atoms. The van der Waals surface area contributed by atoms with Crippen LogP contribution in [0, 0.1) is 5.82 Å². The van der Waals surface area contributed by atoms with Crippen LogP contribution in [0.25, 0.3) is 5.70 Å². The number of hydrogen-bond donors (Lipinski definition) is 0. The second kappa shape index (κ2) is 6.71. The average molecular weight is 205 g/mol. The van der Waals surface area contributed by atoms with E-state index in [0.29, 0.717) is 5.70 Å². The minimum absolute atomic E-state index is 0.242. The summed E-state index contributed by atoms with van der Waals surface area (Å²) in [6.45, 7) is 13.6. The molecule has 1 nitrogen and oxygen atoms in total. The summed E-state index contributed by atoms with van der Waals surface area (Å²) in [5.41, 5.74) is 2.46. The van der Waals surface area contributed by atoms with Crippen LogP contribution >= 0.6 is 0 Å². The van der Waals surface area contributed by atoms with Crippen LogP contribution in [0.1, 0.15) is 19.4 Å². The van der Waals surface area contributed by atoms with Crippen molar-refractivity contribution in [3.8, 4) is 0 Å². The van der Waals surface area contributed by atoms with E-state index in [4.69, 9.17) is 0 Å². The van der Waals surface area contributed by atoms with Gasteiger partial charge in [0.25, 0.3) is 0 Å². The first-order chi connectivity index (χ1) is 7.09. The summed E-state index contributed by atoms with van der Waals surface area (Å²) in [7, 11) is 0. The molecule has 15 heavy (non-hydrogen) atoms. The summed E-state index contributed by atoms with van der Waals surface area (Å²) < 4.78 is 12.5. The second-order valence-corrected chi connectivity index (χ2v) is 3.01. The Labute approximate surface area is 90.7 Å². The quantitative estimate of drug-likeness (QED) is 0.509. The Hall–Kier alpha value is -1.70. The largest absolute Gasteiger partial charge is 0.258 e. The molecule has 0 aromatic heterocycles. The van der Waals surface area contributed by atoms with E-state index in [1.54, 1.807) is 12.1 Å². The van der Waals surface area contributed by atoms with Gasteiger partial charge in [0.1, 0.15) is 5.82 Å². The summed E-state index contributed by atoms with van der Waals surface area (Å²) in [5.74, 6) is -0.242. The molecule has 0 fully saturated rings. The third kappa shape index (κ3) is 4.91. The van der Waals surface area contributed by atoms with Crippen molar-refractivity contribution in [3.05, 3.63) is 55.4 Å². The Kier molecular flexibility index (Phi) is 5.95. The molecule has 2 heteroatoms. The summed E-state index contributed by atoms with van der Waals surface area (Å²) in [5, 5.41) is 0. The molecule has 80 valence electrons. The minimum Gasteiger partial charge on any atom is -0.258 e. The summed E-state index contributed by atoms with van der Waals surface area (Å²) in [4.78, 5) is 4.18. The first-order valence-electron chi connectivity index (χ1n) is 4.56. The average Bonchev–Trinajstić information content (AvgIpc) is 2.20. The van der Waals surface area contributed by atoms with E-state index in [2.05, 4.69) is 24.7 Å². The Morgan fingerprint density at radius 1 is 1.13 bits per heavy atom. The van der Waals surface area contributed by atoms with Crippen molar-refractivity contribution in [1.29, 1.82) is 0 Å². The summed E-state index contributed by atoms with van der Waals surface area (Å²) in [6, 6.07) is 6.15. The number of benzene rings is 1. The normalized spacial score (nSPS) is 8.47. The zero-order valence-electron chi connectivity index (χ0n) is 9.26. The fourth-order valence-electron chi connectivity index (χ4n) is 0.977. The van der Waals surface area contributed by atoms with Gasteiger partial charge < -0.3 is 0 Å². The number of halogens is 1. The molecule has 0 N–H and O–H groups in total. The van der Waals surface area contributed by atoms with Gasteiger partial charge in [-0.05, 0) is 43.7 Å². The van der Waals surface area contributed by atoms with Crippen molar-refractivity contribution in [2.24, 2.45) is 4.99 Å². The molecule has 0 aliphatic carbocycles. The van der Waals surface area contributed by atoms with E-state index in [-0.39, 0.29) is 5.82 Å². The Morgan fingerprint density at radius 3 is 2.00 bits per heavy atom. The lowest BCUT2D eigenvalue weighted by Gasteiger charge is -2.00. The van der Waals surface area contributed by atoms with Crippen molar-refractivity contribution in [2.75, 3.05) is 0 Å². The molecule has 0 radical (unpaired) electrons. The highest BCUT2D eigenvalue weighted by atomic mass is 19.1. The standard InChI is InChI=1S/C11H12FN.C2H4/c1-8(2)13-9(3)10-4-6-11(12)7-5-10;1-2/h4-7H,3H2,1-2H3;1-2H2. The van der Waals surface area contributed by atoms with E-state index in [1.807, 2.05) is 13.8 Å². The number of nitrogens with zero attached hydrogens (tertiary/aromatic N) is 1. The van der Waals surface area contributed by atoms with E-state index >= 15 is 0 Å². The highest BCUT2D eigenvalue weighted by Crippen LogP contribution is 2.14. The molecule has 0 unspecified atom stereocenters. The van der Waals surface area contributed by atoms with E-state index in [1.165, 1.54) is 12.1 Å². The Bertz CT molecular complexity index is 345. The van der Waals surface area contributed by atoms with Gasteiger partial charge in [-0.1, -0.05) is 6.58 Å². The van der Waals surface area contributed by atoms with Crippen LogP contribution in [0.15, 0.2) is 49.0 Å². The molecule has 0 atom stereocenters. The third-order valence-electron chi connectivity index (χ3n) is 1.54. The van der Waals surface area contributed by atoms with Gasteiger partial charge in [0.15, 0.2) is 0 Å². The van der Waals surface area contributed by atoms with Crippen molar-refractivity contribution < 1.29 is 4.39 Å². The number of rotatable bonds is 2. The lowest BCUT2D eigenvalue weighted by atomic mass is 10.2. The topological polar surface area (TPSA) is 12.4 Å². The fourth-order valence-corrected chi connectivity index (χ4v) is 0.977. The molecular weight excluding hydrogens is 189 g/mol. The predicted octanol–water partition coefficient (Wildman–Crippen LogP) is 4.08. The number of aliphatic imine (C=N–C) groups is 1. The first kappa shape index (κ1) is 13.3. The lowest BCUT2D eigenvalue weighted by Crippen LogP contribution is -1.85. The van der Waals surface area contributed by atoms with Crippen LogP contribution in [0.2, 0.25) is 0 Å². The SMILES string of the molecule is C=C.C=C(N=C(C)C)c1ccc(F)cc1. The first-order valence-corrected chi connectivity index (χ1v) is 4.56. The maximum absolute atomic E-state index is 12.5. The van der Waals surface area contributed by atoms with E-state index in [0.717, 1.165) is 11.3 Å². The van der Waals surface area contributed by atoms with Gasteiger partial charge >= 0.3 is 0 Å². The van der Waals surface area contributed by atoms with Crippen molar-refractivity contribution in [1.82, 2.24) is 0 Å². The molecule has 0 heterocycles. The minimum atomic E-state index is -0.242. The molecular formula is C13H16FN. The maximum Gasteiger partial charge on any atom is 0.123 e. The Morgan fingerprint density at radius 2 is 1.60 bits per heavy atom. The van der Waals surface area contributed by atoms with Crippen LogP contribution in [0.5, 0.6) is 0 Å². The van der Waals surface area contributed by atoms with E-state index in [9.17, 15) is 4.39 Å². The smallest absolute Gasteiger partial charge is 0.123 e. The predicted molar refractivity (Wildman–Crippen MR) is 65.5 cm³/mol. The van der Waals surface area contributed by atoms with Gasteiger partial charge in [0.2, 0.25) is 0 Å². The summed E-state index contributed by atoms with van der Waals surface area (Å²) in [6.07, 6.45) is 0. The molecule has 1 aromatic rings. The molecule has 0 bridgehead atoms. The molecule has 0 saturated carbocycles. The Balaban J connectivity index is 0.000000921. The fraction of sp³-hybridized carbons (Fsp3) is 0.154. The van der Waals surface area contributed by atoms with Gasteiger partial charge in [-0.2, -0.15) is 0 Å². The molecule has 0 aliphatic heterocycles. The number of hydrogen-bond acceptors (Lipinski definition) is 1. The van der Waals surface area contributed by atoms with Crippen molar-refractivity contribution >= 4 is 11.4 Å². The van der Waals surface area contributed by atoms with Gasteiger partial charge in [-0.25, -0.2) is 4.39 Å². The van der Waals surface area contributed by atoms with Gasteiger partial charge in [-0.3, -0.25) is 4.99 Å². The molecule has 0 saturated heterocycles. The second-order valence-electron chi connectivity index (χ2n) is 3.01. The van der Waals surface area contributed by atoms with Crippen LogP contribution in [0.3, 0.4) is 0 Å². The monoisotopic (exact) mass is 205 g/mol. The van der Waals surface area contributed by atoms with Crippen LogP contribution in [-0.4, -0.2) is 5.71 Å². The van der Waals surface area contributed by atoms with E-state index < -0.39 is 0 Å². The van der Waals surface area contributed by atoms with Crippen LogP contribution in [-0.2, 0) is 0 Å².